The first kappa shape index (κ1) is 22.1. The largest absolute Gasteiger partial charge is 0.497 e. The number of esters is 1. The highest BCUT2D eigenvalue weighted by Gasteiger charge is 2.47. The molecule has 0 radical (unpaired) electrons. The maximum absolute atomic E-state index is 13.3. The third-order valence-corrected chi connectivity index (χ3v) is 5.68. The minimum absolute atomic E-state index is 0.0229. The maximum atomic E-state index is 13.3. The fourth-order valence-corrected chi connectivity index (χ4v) is 4.47. The summed E-state index contributed by atoms with van der Waals surface area (Å²) in [5.41, 5.74) is 2.57. The zero-order chi connectivity index (χ0) is 22.2. The van der Waals surface area contributed by atoms with Crippen LogP contribution in [0.5, 0.6) is 11.5 Å². The summed E-state index contributed by atoms with van der Waals surface area (Å²) in [4.78, 5) is 31.2. The Kier molecular flexibility index (Phi) is 6.06. The molecule has 0 saturated heterocycles. The van der Waals surface area contributed by atoms with Gasteiger partial charge >= 0.3 is 5.97 Å². The van der Waals surface area contributed by atoms with Crippen LogP contribution in [0.3, 0.4) is 0 Å². The molecule has 2 aliphatic rings. The van der Waals surface area contributed by atoms with Crippen molar-refractivity contribution in [2.24, 2.45) is 16.3 Å². The fourth-order valence-electron chi connectivity index (χ4n) is 4.47. The van der Waals surface area contributed by atoms with Crippen LogP contribution in [-0.4, -0.2) is 37.8 Å². The van der Waals surface area contributed by atoms with Crippen molar-refractivity contribution < 1.29 is 23.8 Å². The molecule has 0 spiro atoms. The SMILES string of the molecule is COc1ccc(OC)c([C@H]2C3=C(CC(C)(C)CC3=O)N=C(C)C2C(=O)OC(C)C)c1. The molecule has 0 aromatic heterocycles. The Morgan fingerprint density at radius 3 is 2.47 bits per heavy atom. The van der Waals surface area contributed by atoms with Crippen molar-refractivity contribution in [1.82, 2.24) is 0 Å². The van der Waals surface area contributed by atoms with Crippen molar-refractivity contribution in [2.45, 2.75) is 59.5 Å². The van der Waals surface area contributed by atoms with Crippen LogP contribution in [0.15, 0.2) is 34.5 Å². The summed E-state index contributed by atoms with van der Waals surface area (Å²) in [6.45, 7) is 9.60. The Balaban J connectivity index is 2.24. The molecule has 0 bridgehead atoms. The number of aliphatic imine (C=N–C) groups is 1. The molecule has 1 aromatic carbocycles. The molecule has 6 nitrogen and oxygen atoms in total. The van der Waals surface area contributed by atoms with Crippen LogP contribution in [-0.2, 0) is 14.3 Å². The van der Waals surface area contributed by atoms with Crippen molar-refractivity contribution in [3.05, 3.63) is 35.0 Å². The van der Waals surface area contributed by atoms with Gasteiger partial charge in [0.15, 0.2) is 5.78 Å². The van der Waals surface area contributed by atoms with Gasteiger partial charge in [-0.2, -0.15) is 0 Å². The van der Waals surface area contributed by atoms with Gasteiger partial charge in [0.1, 0.15) is 17.4 Å². The second kappa shape index (κ2) is 8.25. The highest BCUT2D eigenvalue weighted by molar-refractivity contribution is 6.09. The van der Waals surface area contributed by atoms with E-state index < -0.39 is 11.8 Å². The molecule has 1 aliphatic heterocycles. The minimum atomic E-state index is -0.697. The smallest absolute Gasteiger partial charge is 0.315 e. The number of allylic oxidation sites excluding steroid dienone is 2. The Bertz CT molecular complexity index is 926. The van der Waals surface area contributed by atoms with Gasteiger partial charge in [-0.05, 0) is 50.8 Å². The lowest BCUT2D eigenvalue weighted by Crippen LogP contribution is -2.40. The predicted molar refractivity (Wildman–Crippen MR) is 115 cm³/mol. The van der Waals surface area contributed by atoms with Crippen LogP contribution in [0.2, 0.25) is 0 Å². The first-order valence-corrected chi connectivity index (χ1v) is 10.3. The number of nitrogens with zero attached hydrogens (tertiary/aromatic N) is 1. The summed E-state index contributed by atoms with van der Waals surface area (Å²) in [5.74, 6) is -0.357. The van der Waals surface area contributed by atoms with Crippen molar-refractivity contribution in [2.75, 3.05) is 14.2 Å². The van der Waals surface area contributed by atoms with E-state index in [1.165, 1.54) is 0 Å². The summed E-state index contributed by atoms with van der Waals surface area (Å²) in [6, 6.07) is 5.45. The molecule has 1 aliphatic carbocycles. The zero-order valence-electron chi connectivity index (χ0n) is 18.9. The van der Waals surface area contributed by atoms with Crippen LogP contribution < -0.4 is 9.47 Å². The maximum Gasteiger partial charge on any atom is 0.315 e. The van der Waals surface area contributed by atoms with Crippen molar-refractivity contribution in [3.8, 4) is 11.5 Å². The van der Waals surface area contributed by atoms with Crippen LogP contribution in [0.4, 0.5) is 0 Å². The molecule has 1 unspecified atom stereocenters. The summed E-state index contributed by atoms with van der Waals surface area (Å²) in [6.07, 6.45) is 0.824. The number of Topliss-reactive ketones (excluding diaryl/α,β-unsaturated/α-hetero) is 1. The molecule has 0 amide bonds. The van der Waals surface area contributed by atoms with E-state index in [1.54, 1.807) is 26.4 Å². The number of carbonyl (C=O) groups is 2. The van der Waals surface area contributed by atoms with Gasteiger partial charge in [0.2, 0.25) is 0 Å². The molecule has 3 rings (SSSR count). The third-order valence-electron chi connectivity index (χ3n) is 5.68. The number of ketones is 1. The van der Waals surface area contributed by atoms with E-state index >= 15 is 0 Å². The van der Waals surface area contributed by atoms with E-state index in [-0.39, 0.29) is 23.3 Å². The van der Waals surface area contributed by atoms with Gasteiger partial charge < -0.3 is 14.2 Å². The zero-order valence-corrected chi connectivity index (χ0v) is 18.9. The van der Waals surface area contributed by atoms with E-state index in [0.29, 0.717) is 35.6 Å². The normalized spacial score (nSPS) is 23.1. The summed E-state index contributed by atoms with van der Waals surface area (Å²) < 4.78 is 16.6. The standard InChI is InChI=1S/C24H31NO5/c1-13(2)30-23(27)20-14(3)25-17-11-24(4,5)12-18(26)22(17)21(20)16-10-15(28-6)8-9-19(16)29-7/h8-10,13,20-21H,11-12H2,1-7H3/t20?,21-/m1/s1. The first-order chi connectivity index (χ1) is 14.1. The Hall–Kier alpha value is -2.63. The number of hydrogen-bond acceptors (Lipinski definition) is 6. The van der Waals surface area contributed by atoms with Gasteiger partial charge in [0.05, 0.1) is 20.3 Å². The highest BCUT2D eigenvalue weighted by atomic mass is 16.5. The first-order valence-electron chi connectivity index (χ1n) is 10.3. The quantitative estimate of drug-likeness (QED) is 0.666. The molecule has 162 valence electrons. The number of benzene rings is 1. The molecule has 1 aromatic rings. The van der Waals surface area contributed by atoms with Crippen LogP contribution in [0.1, 0.15) is 58.9 Å². The molecule has 1 heterocycles. The fraction of sp³-hybridized carbons (Fsp3) is 0.542. The van der Waals surface area contributed by atoms with Crippen molar-refractivity contribution in [3.63, 3.8) is 0 Å². The lowest BCUT2D eigenvalue weighted by molar-refractivity contribution is -0.150. The van der Waals surface area contributed by atoms with E-state index in [9.17, 15) is 9.59 Å². The number of rotatable bonds is 5. The second-order valence-corrected chi connectivity index (χ2v) is 9.10. The van der Waals surface area contributed by atoms with Gasteiger partial charge in [-0.3, -0.25) is 14.6 Å². The lowest BCUT2D eigenvalue weighted by atomic mass is 9.66. The van der Waals surface area contributed by atoms with Crippen molar-refractivity contribution >= 4 is 17.5 Å². The number of methoxy groups -OCH3 is 2. The third kappa shape index (κ3) is 4.13. The van der Waals surface area contributed by atoms with Crippen LogP contribution >= 0.6 is 0 Å². The molecule has 0 N–H and O–H groups in total. The van der Waals surface area contributed by atoms with Gasteiger partial charge in [0, 0.05) is 34.9 Å². The van der Waals surface area contributed by atoms with E-state index in [2.05, 4.69) is 13.8 Å². The number of ether oxygens (including phenoxy) is 3. The summed E-state index contributed by atoms with van der Waals surface area (Å²) >= 11 is 0. The van der Waals surface area contributed by atoms with Gasteiger partial charge in [-0.15, -0.1) is 0 Å². The summed E-state index contributed by atoms with van der Waals surface area (Å²) in [7, 11) is 3.17. The average Bonchev–Trinajstić information content (AvgIpc) is 2.64. The van der Waals surface area contributed by atoms with Gasteiger partial charge in [0.25, 0.3) is 0 Å². The minimum Gasteiger partial charge on any atom is -0.497 e. The average molecular weight is 414 g/mol. The Morgan fingerprint density at radius 2 is 1.87 bits per heavy atom. The van der Waals surface area contributed by atoms with Crippen molar-refractivity contribution in [1.29, 1.82) is 0 Å². The highest BCUT2D eigenvalue weighted by Crippen LogP contribution is 2.50. The predicted octanol–water partition coefficient (Wildman–Crippen LogP) is 4.47. The van der Waals surface area contributed by atoms with E-state index in [4.69, 9.17) is 19.2 Å². The van der Waals surface area contributed by atoms with Crippen LogP contribution in [0, 0.1) is 11.3 Å². The summed E-state index contributed by atoms with van der Waals surface area (Å²) in [5, 5.41) is 0. The lowest BCUT2D eigenvalue weighted by Gasteiger charge is -2.39. The number of hydrogen-bond donors (Lipinski definition) is 0. The van der Waals surface area contributed by atoms with E-state index in [1.807, 2.05) is 26.8 Å². The monoisotopic (exact) mass is 413 g/mol. The topological polar surface area (TPSA) is 74.2 Å². The Labute approximate surface area is 178 Å². The molecule has 0 fully saturated rings. The van der Waals surface area contributed by atoms with Crippen LogP contribution in [0.25, 0.3) is 0 Å². The molecular formula is C24H31NO5. The molecule has 6 heteroatoms. The molecule has 0 saturated carbocycles. The number of carbonyl (C=O) groups excluding carboxylic acids is 2. The van der Waals surface area contributed by atoms with Gasteiger partial charge in [-0.1, -0.05) is 13.8 Å². The molecular weight excluding hydrogens is 382 g/mol. The van der Waals surface area contributed by atoms with Gasteiger partial charge in [-0.25, -0.2) is 0 Å². The van der Waals surface area contributed by atoms with E-state index in [0.717, 1.165) is 11.3 Å². The molecule has 30 heavy (non-hydrogen) atoms. The molecule has 2 atom stereocenters. The Morgan fingerprint density at radius 1 is 1.17 bits per heavy atom. The second-order valence-electron chi connectivity index (χ2n) is 9.10.